The van der Waals surface area contributed by atoms with Gasteiger partial charge in [-0.3, -0.25) is 9.78 Å². The lowest BCUT2D eigenvalue weighted by atomic mass is 10.2. The summed E-state index contributed by atoms with van der Waals surface area (Å²) in [5.74, 6) is -0.780. The van der Waals surface area contributed by atoms with Crippen molar-refractivity contribution in [2.24, 2.45) is 0 Å². The van der Waals surface area contributed by atoms with Crippen molar-refractivity contribution in [2.75, 3.05) is 25.6 Å². The predicted octanol–water partition coefficient (Wildman–Crippen LogP) is 2.99. The maximum atomic E-state index is 13.1. The lowest BCUT2D eigenvalue weighted by Gasteiger charge is -2.09. The van der Waals surface area contributed by atoms with E-state index in [9.17, 15) is 9.18 Å². The first-order chi connectivity index (χ1) is 10.6. The molecular formula is C15H15ClFN3O2. The van der Waals surface area contributed by atoms with Crippen molar-refractivity contribution in [3.05, 3.63) is 53.1 Å². The third-order valence-electron chi connectivity index (χ3n) is 2.79. The van der Waals surface area contributed by atoms with Crippen molar-refractivity contribution in [1.82, 2.24) is 10.3 Å². The summed E-state index contributed by atoms with van der Waals surface area (Å²) in [5, 5.41) is 5.75. The molecule has 2 rings (SSSR count). The molecule has 0 radical (unpaired) electrons. The number of nitrogens with zero attached hydrogens (tertiary/aromatic N) is 1. The van der Waals surface area contributed by atoms with Gasteiger partial charge in [-0.25, -0.2) is 4.39 Å². The highest BCUT2D eigenvalue weighted by atomic mass is 35.5. The van der Waals surface area contributed by atoms with Crippen LogP contribution in [0, 0.1) is 5.82 Å². The molecule has 0 aliphatic carbocycles. The first kappa shape index (κ1) is 16.2. The number of hydrogen-bond acceptors (Lipinski definition) is 4. The van der Waals surface area contributed by atoms with Crippen LogP contribution in [-0.4, -0.2) is 31.2 Å². The molecule has 0 aliphatic rings. The second-order valence-electron chi connectivity index (χ2n) is 4.43. The van der Waals surface area contributed by atoms with E-state index in [4.69, 9.17) is 16.3 Å². The fraction of sp³-hybridized carbons (Fsp3) is 0.200. The Morgan fingerprint density at radius 3 is 2.82 bits per heavy atom. The minimum absolute atomic E-state index is 0.0246. The molecular weight excluding hydrogens is 309 g/mol. The molecule has 1 aromatic carbocycles. The van der Waals surface area contributed by atoms with Crippen LogP contribution in [0.4, 0.5) is 15.8 Å². The third kappa shape index (κ3) is 4.41. The lowest BCUT2D eigenvalue weighted by molar-refractivity contribution is 0.0932. The van der Waals surface area contributed by atoms with Crippen LogP contribution in [0.25, 0.3) is 0 Å². The smallest absolute Gasteiger partial charge is 0.270 e. The molecule has 1 aromatic heterocycles. The second-order valence-corrected chi connectivity index (χ2v) is 4.84. The lowest BCUT2D eigenvalue weighted by Crippen LogP contribution is -2.27. The minimum Gasteiger partial charge on any atom is -0.383 e. The van der Waals surface area contributed by atoms with Crippen molar-refractivity contribution >= 4 is 28.9 Å². The van der Waals surface area contributed by atoms with E-state index in [2.05, 4.69) is 15.6 Å². The van der Waals surface area contributed by atoms with Crippen molar-refractivity contribution < 1.29 is 13.9 Å². The van der Waals surface area contributed by atoms with Crippen LogP contribution in [0.15, 0.2) is 36.5 Å². The van der Waals surface area contributed by atoms with Gasteiger partial charge in [0.25, 0.3) is 5.91 Å². The normalized spacial score (nSPS) is 10.3. The Kier molecular flexibility index (Phi) is 5.68. The molecule has 1 heterocycles. The molecule has 0 spiro atoms. The standard InChI is InChI=1S/C15H15ClFN3O2/c1-22-7-6-19-15(21)14-9-11(4-5-18-14)20-10-2-3-13(17)12(16)8-10/h2-5,8-9H,6-7H2,1H3,(H,18,20)(H,19,21). The van der Waals surface area contributed by atoms with E-state index < -0.39 is 5.82 Å². The average molecular weight is 324 g/mol. The number of methoxy groups -OCH3 is 1. The Morgan fingerprint density at radius 2 is 2.09 bits per heavy atom. The number of carbonyl (C=O) groups is 1. The van der Waals surface area contributed by atoms with Crippen molar-refractivity contribution in [3.8, 4) is 0 Å². The minimum atomic E-state index is -0.486. The Labute approximate surface area is 132 Å². The first-order valence-corrected chi connectivity index (χ1v) is 6.93. The van der Waals surface area contributed by atoms with Crippen LogP contribution in [0.1, 0.15) is 10.5 Å². The van der Waals surface area contributed by atoms with Crippen LogP contribution < -0.4 is 10.6 Å². The molecule has 2 aromatic rings. The van der Waals surface area contributed by atoms with Gasteiger partial charge < -0.3 is 15.4 Å². The van der Waals surface area contributed by atoms with Gasteiger partial charge in [-0.15, -0.1) is 0 Å². The van der Waals surface area contributed by atoms with Gasteiger partial charge in [0.05, 0.1) is 11.6 Å². The summed E-state index contributed by atoms with van der Waals surface area (Å²) in [6, 6.07) is 7.59. The van der Waals surface area contributed by atoms with Crippen LogP contribution in [-0.2, 0) is 4.74 Å². The molecule has 5 nitrogen and oxygen atoms in total. The van der Waals surface area contributed by atoms with E-state index in [-0.39, 0.29) is 16.6 Å². The number of ether oxygens (including phenoxy) is 1. The van der Waals surface area contributed by atoms with Crippen LogP contribution in [0.5, 0.6) is 0 Å². The zero-order valence-electron chi connectivity index (χ0n) is 11.9. The number of pyridine rings is 1. The number of nitrogens with one attached hydrogen (secondary N) is 2. The zero-order chi connectivity index (χ0) is 15.9. The molecule has 0 saturated heterocycles. The van der Waals surface area contributed by atoms with E-state index >= 15 is 0 Å². The maximum absolute atomic E-state index is 13.1. The van der Waals surface area contributed by atoms with Crippen molar-refractivity contribution in [1.29, 1.82) is 0 Å². The molecule has 0 atom stereocenters. The molecule has 2 N–H and O–H groups in total. The van der Waals surface area contributed by atoms with E-state index in [0.29, 0.717) is 24.5 Å². The Bertz CT molecular complexity index is 667. The summed E-state index contributed by atoms with van der Waals surface area (Å²) in [6.45, 7) is 0.833. The third-order valence-corrected chi connectivity index (χ3v) is 3.08. The molecule has 0 fully saturated rings. The monoisotopic (exact) mass is 323 g/mol. The van der Waals surface area contributed by atoms with Crippen molar-refractivity contribution in [2.45, 2.75) is 0 Å². The van der Waals surface area contributed by atoms with Crippen LogP contribution in [0.3, 0.4) is 0 Å². The highest BCUT2D eigenvalue weighted by Crippen LogP contribution is 2.22. The van der Waals surface area contributed by atoms with Gasteiger partial charge in [-0.05, 0) is 30.3 Å². The predicted molar refractivity (Wildman–Crippen MR) is 83.1 cm³/mol. The summed E-state index contributed by atoms with van der Waals surface area (Å²) < 4.78 is 18.0. The number of aromatic nitrogens is 1. The number of rotatable bonds is 6. The highest BCUT2D eigenvalue weighted by Gasteiger charge is 2.08. The van der Waals surface area contributed by atoms with Gasteiger partial charge in [0, 0.05) is 31.2 Å². The fourth-order valence-corrected chi connectivity index (χ4v) is 1.91. The Hall–Kier alpha value is -2.18. The van der Waals surface area contributed by atoms with Crippen molar-refractivity contribution in [3.63, 3.8) is 0 Å². The first-order valence-electron chi connectivity index (χ1n) is 6.55. The van der Waals surface area contributed by atoms with E-state index in [1.54, 1.807) is 25.3 Å². The van der Waals surface area contributed by atoms with Gasteiger partial charge in [0.2, 0.25) is 0 Å². The summed E-state index contributed by atoms with van der Waals surface area (Å²) in [6.07, 6.45) is 1.51. The summed E-state index contributed by atoms with van der Waals surface area (Å²) in [5.41, 5.74) is 1.53. The van der Waals surface area contributed by atoms with Crippen LogP contribution >= 0.6 is 11.6 Å². The van der Waals surface area contributed by atoms with Gasteiger partial charge in [-0.1, -0.05) is 11.6 Å². The Morgan fingerprint density at radius 1 is 1.32 bits per heavy atom. The molecule has 0 bridgehead atoms. The summed E-state index contributed by atoms with van der Waals surface area (Å²) in [4.78, 5) is 15.9. The number of halogens is 2. The van der Waals surface area contributed by atoms with E-state index in [1.165, 1.54) is 18.3 Å². The van der Waals surface area contributed by atoms with Gasteiger partial charge in [0.1, 0.15) is 11.5 Å². The molecule has 22 heavy (non-hydrogen) atoms. The molecule has 7 heteroatoms. The SMILES string of the molecule is COCCNC(=O)c1cc(Nc2ccc(F)c(Cl)c2)ccn1. The molecule has 0 unspecified atom stereocenters. The fourth-order valence-electron chi connectivity index (χ4n) is 1.73. The Balaban J connectivity index is 2.07. The number of benzene rings is 1. The topological polar surface area (TPSA) is 63.2 Å². The van der Waals surface area contributed by atoms with Gasteiger partial charge in [0.15, 0.2) is 0 Å². The van der Waals surface area contributed by atoms with E-state index in [1.807, 2.05) is 0 Å². The van der Waals surface area contributed by atoms with E-state index in [0.717, 1.165) is 0 Å². The molecule has 1 amide bonds. The summed E-state index contributed by atoms with van der Waals surface area (Å²) >= 11 is 5.73. The number of hydrogen-bond donors (Lipinski definition) is 2. The quantitative estimate of drug-likeness (QED) is 0.802. The molecule has 0 saturated carbocycles. The number of carbonyl (C=O) groups excluding carboxylic acids is 1. The van der Waals surface area contributed by atoms with Gasteiger partial charge >= 0.3 is 0 Å². The van der Waals surface area contributed by atoms with Gasteiger partial charge in [-0.2, -0.15) is 0 Å². The zero-order valence-corrected chi connectivity index (χ0v) is 12.7. The highest BCUT2D eigenvalue weighted by molar-refractivity contribution is 6.31. The molecule has 0 aliphatic heterocycles. The number of anilines is 2. The average Bonchev–Trinajstić information content (AvgIpc) is 2.51. The largest absolute Gasteiger partial charge is 0.383 e. The van der Waals surface area contributed by atoms with Crippen LogP contribution in [0.2, 0.25) is 5.02 Å². The maximum Gasteiger partial charge on any atom is 0.270 e. The summed E-state index contributed by atoms with van der Waals surface area (Å²) in [7, 11) is 1.56. The molecule has 116 valence electrons. The number of amides is 1. The second kappa shape index (κ2) is 7.72.